The molecule has 6 heteroatoms. The van der Waals surface area contributed by atoms with Crippen LogP contribution in [-0.4, -0.2) is 49.6 Å². The summed E-state index contributed by atoms with van der Waals surface area (Å²) in [5.74, 6) is 1.54. The summed E-state index contributed by atoms with van der Waals surface area (Å²) < 4.78 is 5.80. The fraction of sp³-hybridized carbons (Fsp3) is 0.636. The highest BCUT2D eigenvalue weighted by Crippen LogP contribution is 2.17. The number of hydrogen-bond donors (Lipinski definition) is 2. The van der Waals surface area contributed by atoms with E-state index in [1.165, 1.54) is 11.1 Å². The number of carbonyl (C=O) groups is 1. The van der Waals surface area contributed by atoms with Gasteiger partial charge in [-0.3, -0.25) is 9.79 Å². The quantitative estimate of drug-likeness (QED) is 0.478. The molecule has 0 saturated carbocycles. The van der Waals surface area contributed by atoms with Gasteiger partial charge in [0.05, 0.1) is 6.10 Å². The van der Waals surface area contributed by atoms with Crippen LogP contribution in [0, 0.1) is 5.92 Å². The summed E-state index contributed by atoms with van der Waals surface area (Å²) in [7, 11) is 1.78. The molecule has 2 N–H and O–H groups in total. The number of nitrogens with zero attached hydrogens (tertiary/aromatic N) is 2. The summed E-state index contributed by atoms with van der Waals surface area (Å²) in [4.78, 5) is 18.2. The Balaban J connectivity index is 1.85. The Labute approximate surface area is 169 Å². The van der Waals surface area contributed by atoms with Gasteiger partial charge in [0.1, 0.15) is 0 Å². The minimum absolute atomic E-state index is 0.259. The molecule has 28 heavy (non-hydrogen) atoms. The summed E-state index contributed by atoms with van der Waals surface area (Å²) in [5.41, 5.74) is 2.39. The molecule has 1 aliphatic rings. The first-order valence-electron chi connectivity index (χ1n) is 10.5. The van der Waals surface area contributed by atoms with E-state index in [0.717, 1.165) is 38.5 Å². The molecule has 156 valence electrons. The maximum absolute atomic E-state index is 11.9. The number of hydrogen-bond acceptors (Lipinski definition) is 3. The number of aliphatic imine (C=N–C) groups is 1. The van der Waals surface area contributed by atoms with Gasteiger partial charge in [-0.05, 0) is 36.8 Å². The molecule has 0 aliphatic carbocycles. The molecule has 6 nitrogen and oxygen atoms in total. The van der Waals surface area contributed by atoms with Gasteiger partial charge in [-0.2, -0.15) is 0 Å². The van der Waals surface area contributed by atoms with Crippen LogP contribution in [0.25, 0.3) is 0 Å². The smallest absolute Gasteiger partial charge is 0.222 e. The Morgan fingerprint density at radius 3 is 2.61 bits per heavy atom. The normalized spacial score (nSPS) is 16.0. The molecule has 0 spiro atoms. The van der Waals surface area contributed by atoms with Crippen LogP contribution in [-0.2, 0) is 22.6 Å². The van der Waals surface area contributed by atoms with Crippen molar-refractivity contribution in [2.45, 2.75) is 59.2 Å². The largest absolute Gasteiger partial charge is 0.378 e. The van der Waals surface area contributed by atoms with E-state index in [2.05, 4.69) is 41.6 Å². The highest BCUT2D eigenvalue weighted by molar-refractivity contribution is 5.79. The van der Waals surface area contributed by atoms with Crippen molar-refractivity contribution >= 4 is 11.9 Å². The molecule has 1 saturated heterocycles. The van der Waals surface area contributed by atoms with Gasteiger partial charge in [-0.1, -0.05) is 38.1 Å². The van der Waals surface area contributed by atoms with Gasteiger partial charge in [0.25, 0.3) is 0 Å². The van der Waals surface area contributed by atoms with Gasteiger partial charge in [-0.15, -0.1) is 0 Å². The predicted molar refractivity (Wildman–Crippen MR) is 114 cm³/mol. The van der Waals surface area contributed by atoms with Gasteiger partial charge in [0, 0.05) is 46.3 Å². The van der Waals surface area contributed by atoms with Crippen LogP contribution in [0.2, 0.25) is 0 Å². The lowest BCUT2D eigenvalue weighted by molar-refractivity contribution is -0.128. The second kappa shape index (κ2) is 11.7. The number of benzene rings is 1. The molecule has 1 aromatic rings. The molecular formula is C22H36N4O2. The molecule has 1 unspecified atom stereocenters. The zero-order chi connectivity index (χ0) is 20.4. The van der Waals surface area contributed by atoms with Crippen LogP contribution in [0.1, 0.15) is 51.2 Å². The molecule has 0 aromatic heterocycles. The molecule has 1 fully saturated rings. The van der Waals surface area contributed by atoms with E-state index >= 15 is 0 Å². The maximum Gasteiger partial charge on any atom is 0.222 e. The molecule has 1 atom stereocenters. The number of carbonyl (C=O) groups excluding carboxylic acids is 1. The lowest BCUT2D eigenvalue weighted by atomic mass is 10.0. The molecule has 0 bridgehead atoms. The monoisotopic (exact) mass is 388 g/mol. The predicted octanol–water partition coefficient (Wildman–Crippen LogP) is 2.93. The standard InChI is InChI=1S/C22H36N4O2/c1-5-28-20(17(2)3)12-13-24-22(23-4)25-15-18-9-6-7-10-19(18)16-26-14-8-11-21(26)27/h6-7,9-10,17,20H,5,8,11-16H2,1-4H3,(H2,23,24,25). The van der Waals surface area contributed by atoms with Crippen molar-refractivity contribution in [3.63, 3.8) is 0 Å². The van der Waals surface area contributed by atoms with Crippen LogP contribution in [0.3, 0.4) is 0 Å². The molecule has 1 heterocycles. The lowest BCUT2D eigenvalue weighted by Gasteiger charge is -2.22. The Morgan fingerprint density at radius 2 is 2.00 bits per heavy atom. The lowest BCUT2D eigenvalue weighted by Crippen LogP contribution is -2.39. The van der Waals surface area contributed by atoms with Gasteiger partial charge in [0.2, 0.25) is 5.91 Å². The van der Waals surface area contributed by atoms with E-state index in [1.54, 1.807) is 7.05 Å². The Morgan fingerprint density at radius 1 is 1.25 bits per heavy atom. The van der Waals surface area contributed by atoms with E-state index in [0.29, 0.717) is 25.4 Å². The summed E-state index contributed by atoms with van der Waals surface area (Å²) in [6.07, 6.45) is 2.85. The summed E-state index contributed by atoms with van der Waals surface area (Å²) in [6, 6.07) is 8.29. The van der Waals surface area contributed by atoms with Crippen LogP contribution in [0.5, 0.6) is 0 Å². The van der Waals surface area contributed by atoms with Crippen molar-refractivity contribution < 1.29 is 9.53 Å². The molecule has 1 aromatic carbocycles. The van der Waals surface area contributed by atoms with Gasteiger partial charge < -0.3 is 20.3 Å². The van der Waals surface area contributed by atoms with E-state index in [4.69, 9.17) is 4.74 Å². The van der Waals surface area contributed by atoms with E-state index in [9.17, 15) is 4.79 Å². The first kappa shape index (κ1) is 22.2. The van der Waals surface area contributed by atoms with Crippen LogP contribution < -0.4 is 10.6 Å². The summed E-state index contributed by atoms with van der Waals surface area (Å²) in [6.45, 7) is 10.2. The molecular weight excluding hydrogens is 352 g/mol. The number of likely N-dealkylation sites (tertiary alicyclic amines) is 1. The number of guanidine groups is 1. The fourth-order valence-electron chi connectivity index (χ4n) is 3.52. The Hall–Kier alpha value is -2.08. The average Bonchev–Trinajstić information content (AvgIpc) is 3.09. The topological polar surface area (TPSA) is 66.0 Å². The third-order valence-corrected chi connectivity index (χ3v) is 5.17. The first-order valence-corrected chi connectivity index (χ1v) is 10.5. The van der Waals surface area contributed by atoms with Crippen LogP contribution in [0.4, 0.5) is 0 Å². The minimum Gasteiger partial charge on any atom is -0.378 e. The fourth-order valence-corrected chi connectivity index (χ4v) is 3.52. The highest BCUT2D eigenvalue weighted by atomic mass is 16.5. The van der Waals surface area contributed by atoms with Gasteiger partial charge in [-0.25, -0.2) is 0 Å². The van der Waals surface area contributed by atoms with Crippen molar-refractivity contribution in [1.82, 2.24) is 15.5 Å². The van der Waals surface area contributed by atoms with E-state index in [1.807, 2.05) is 24.0 Å². The maximum atomic E-state index is 11.9. The van der Waals surface area contributed by atoms with E-state index in [-0.39, 0.29) is 12.0 Å². The van der Waals surface area contributed by atoms with Gasteiger partial charge in [0.15, 0.2) is 5.96 Å². The number of amides is 1. The van der Waals surface area contributed by atoms with Crippen molar-refractivity contribution in [3.8, 4) is 0 Å². The van der Waals surface area contributed by atoms with Gasteiger partial charge >= 0.3 is 0 Å². The second-order valence-corrected chi connectivity index (χ2v) is 7.57. The van der Waals surface area contributed by atoms with Crippen LogP contribution >= 0.6 is 0 Å². The minimum atomic E-state index is 0.259. The SMILES string of the molecule is CCOC(CCNC(=NC)NCc1ccccc1CN1CCCC1=O)C(C)C. The summed E-state index contributed by atoms with van der Waals surface area (Å²) >= 11 is 0. The third kappa shape index (κ3) is 6.82. The van der Waals surface area contributed by atoms with Crippen molar-refractivity contribution in [2.24, 2.45) is 10.9 Å². The number of ether oxygens (including phenoxy) is 1. The van der Waals surface area contributed by atoms with Crippen molar-refractivity contribution in [3.05, 3.63) is 35.4 Å². The highest BCUT2D eigenvalue weighted by Gasteiger charge is 2.21. The second-order valence-electron chi connectivity index (χ2n) is 7.57. The van der Waals surface area contributed by atoms with Crippen molar-refractivity contribution in [1.29, 1.82) is 0 Å². The first-order chi connectivity index (χ1) is 13.5. The number of rotatable bonds is 10. The van der Waals surface area contributed by atoms with E-state index < -0.39 is 0 Å². The molecule has 1 amide bonds. The number of nitrogens with one attached hydrogen (secondary N) is 2. The molecule has 2 rings (SSSR count). The molecule has 1 aliphatic heterocycles. The third-order valence-electron chi connectivity index (χ3n) is 5.17. The zero-order valence-electron chi connectivity index (χ0n) is 17.8. The van der Waals surface area contributed by atoms with Crippen molar-refractivity contribution in [2.75, 3.05) is 26.7 Å². The Bertz CT molecular complexity index is 645. The zero-order valence-corrected chi connectivity index (χ0v) is 17.8. The Kier molecular flexibility index (Phi) is 9.28. The van der Waals surface area contributed by atoms with Crippen LogP contribution in [0.15, 0.2) is 29.3 Å². The molecule has 0 radical (unpaired) electrons. The summed E-state index contributed by atoms with van der Waals surface area (Å²) in [5, 5.41) is 6.77. The average molecular weight is 389 g/mol.